The number of benzene rings is 2. The summed E-state index contributed by atoms with van der Waals surface area (Å²) >= 11 is 6.06. The maximum Gasteiger partial charge on any atom is 0.268 e. The van der Waals surface area contributed by atoms with Gasteiger partial charge in [0.25, 0.3) is 5.91 Å². The zero-order chi connectivity index (χ0) is 19.3. The van der Waals surface area contributed by atoms with Crippen LogP contribution in [0.15, 0.2) is 52.8 Å². The molecule has 5 nitrogen and oxygen atoms in total. The number of amides is 1. The van der Waals surface area contributed by atoms with Crippen molar-refractivity contribution in [2.45, 2.75) is 17.9 Å². The van der Waals surface area contributed by atoms with Gasteiger partial charge in [0.1, 0.15) is 5.69 Å². The highest BCUT2D eigenvalue weighted by Gasteiger charge is 2.21. The molecule has 4 rings (SSSR count). The molecule has 27 heavy (non-hydrogen) atoms. The maximum absolute atomic E-state index is 12.8. The largest absolute Gasteiger partial charge is 0.398 e. The number of aryl methyl sites for hydroxylation is 1. The molecule has 7 heteroatoms. The van der Waals surface area contributed by atoms with E-state index in [1.807, 2.05) is 48.9 Å². The van der Waals surface area contributed by atoms with E-state index in [4.69, 9.17) is 17.3 Å². The Morgan fingerprint density at radius 3 is 2.78 bits per heavy atom. The van der Waals surface area contributed by atoms with E-state index in [2.05, 4.69) is 5.32 Å². The van der Waals surface area contributed by atoms with Crippen molar-refractivity contribution in [3.05, 3.63) is 69.7 Å². The molecule has 2 heterocycles. The van der Waals surface area contributed by atoms with Gasteiger partial charge in [-0.2, -0.15) is 0 Å². The van der Waals surface area contributed by atoms with Crippen LogP contribution in [0.2, 0.25) is 5.02 Å². The number of rotatable bonds is 3. The SMILES string of the molecule is CC(NC(=O)c1cc2ccc(Cl)cc2n1C)c1ccc2c(c1)C(N)=CS2=O. The average Bonchev–Trinajstić information content (AvgIpc) is 3.11. The Hall–Kier alpha value is -2.57. The minimum absolute atomic E-state index is 0.176. The molecule has 1 aliphatic heterocycles. The third-order valence-corrected chi connectivity index (χ3v) is 6.35. The van der Waals surface area contributed by atoms with Crippen LogP contribution in [0.25, 0.3) is 16.6 Å². The van der Waals surface area contributed by atoms with Crippen molar-refractivity contribution in [2.75, 3.05) is 0 Å². The van der Waals surface area contributed by atoms with Crippen molar-refractivity contribution in [1.82, 2.24) is 9.88 Å². The van der Waals surface area contributed by atoms with E-state index in [0.29, 0.717) is 21.3 Å². The van der Waals surface area contributed by atoms with Crippen LogP contribution in [0.1, 0.15) is 34.6 Å². The molecule has 0 saturated carbocycles. The second-order valence-corrected chi connectivity index (χ2v) is 8.32. The molecule has 0 fully saturated rings. The predicted octanol–water partition coefficient (Wildman–Crippen LogP) is 3.70. The molecule has 0 bridgehead atoms. The smallest absolute Gasteiger partial charge is 0.268 e. The Labute approximate surface area is 164 Å². The lowest BCUT2D eigenvalue weighted by Crippen LogP contribution is -2.28. The third-order valence-electron chi connectivity index (χ3n) is 4.85. The molecule has 138 valence electrons. The van der Waals surface area contributed by atoms with Crippen LogP contribution in [-0.2, 0) is 17.8 Å². The van der Waals surface area contributed by atoms with Gasteiger partial charge in [-0.05, 0) is 42.8 Å². The van der Waals surface area contributed by atoms with Crippen molar-refractivity contribution in [2.24, 2.45) is 12.8 Å². The number of nitrogens with zero attached hydrogens (tertiary/aromatic N) is 1. The monoisotopic (exact) mass is 399 g/mol. The summed E-state index contributed by atoms with van der Waals surface area (Å²) in [7, 11) is 0.649. The Morgan fingerprint density at radius 1 is 1.22 bits per heavy atom. The van der Waals surface area contributed by atoms with Gasteiger partial charge < -0.3 is 15.6 Å². The van der Waals surface area contributed by atoms with Crippen LogP contribution in [-0.4, -0.2) is 14.7 Å². The van der Waals surface area contributed by atoms with E-state index in [-0.39, 0.29) is 11.9 Å². The molecular formula is C20H18ClN3O2S. The van der Waals surface area contributed by atoms with Gasteiger partial charge in [-0.1, -0.05) is 23.7 Å². The lowest BCUT2D eigenvalue weighted by Gasteiger charge is -2.16. The summed E-state index contributed by atoms with van der Waals surface area (Å²) in [6.07, 6.45) is 0. The minimum atomic E-state index is -1.19. The van der Waals surface area contributed by atoms with E-state index in [0.717, 1.165) is 22.0 Å². The first-order chi connectivity index (χ1) is 12.8. The highest BCUT2D eigenvalue weighted by molar-refractivity contribution is 7.88. The van der Waals surface area contributed by atoms with Gasteiger partial charge in [0.15, 0.2) is 0 Å². The Balaban J connectivity index is 1.60. The Bertz CT molecular complexity index is 1150. The van der Waals surface area contributed by atoms with E-state index < -0.39 is 10.8 Å². The molecule has 3 N–H and O–H groups in total. The standard InChI is InChI=1S/C20H18ClN3O2S/c1-11(12-4-6-19-15(7-12)16(22)10-27(19)26)23-20(25)18-8-13-3-5-14(21)9-17(13)24(18)2/h3-11H,22H2,1-2H3,(H,23,25). The fourth-order valence-electron chi connectivity index (χ4n) is 3.34. The van der Waals surface area contributed by atoms with Crippen LogP contribution in [0.3, 0.4) is 0 Å². The summed E-state index contributed by atoms with van der Waals surface area (Å²) in [5.41, 5.74) is 9.58. The highest BCUT2D eigenvalue weighted by Crippen LogP contribution is 2.30. The number of halogens is 1. The van der Waals surface area contributed by atoms with Crippen LogP contribution < -0.4 is 11.1 Å². The first kappa shape index (κ1) is 17.8. The van der Waals surface area contributed by atoms with Crippen molar-refractivity contribution in [3.63, 3.8) is 0 Å². The quantitative estimate of drug-likeness (QED) is 0.704. The fraction of sp³-hybridized carbons (Fsp3) is 0.150. The van der Waals surface area contributed by atoms with Crippen LogP contribution in [0.4, 0.5) is 0 Å². The number of aromatic nitrogens is 1. The normalized spacial score (nSPS) is 16.9. The van der Waals surface area contributed by atoms with E-state index in [1.165, 1.54) is 0 Å². The van der Waals surface area contributed by atoms with Gasteiger partial charge in [0.05, 0.1) is 21.7 Å². The number of carbonyl (C=O) groups is 1. The van der Waals surface area contributed by atoms with Crippen LogP contribution in [0, 0.1) is 0 Å². The van der Waals surface area contributed by atoms with Gasteiger partial charge in [0.2, 0.25) is 0 Å². The summed E-state index contributed by atoms with van der Waals surface area (Å²) < 4.78 is 13.8. The predicted molar refractivity (Wildman–Crippen MR) is 109 cm³/mol. The molecule has 2 aromatic carbocycles. The minimum Gasteiger partial charge on any atom is -0.398 e. The molecule has 0 radical (unpaired) electrons. The number of nitrogens with one attached hydrogen (secondary N) is 1. The number of nitrogens with two attached hydrogens (primary N) is 1. The first-order valence-electron chi connectivity index (χ1n) is 8.43. The Kier molecular flexibility index (Phi) is 4.32. The molecule has 1 aliphatic rings. The van der Waals surface area contributed by atoms with Crippen molar-refractivity contribution in [1.29, 1.82) is 0 Å². The van der Waals surface area contributed by atoms with Crippen molar-refractivity contribution < 1.29 is 9.00 Å². The maximum atomic E-state index is 12.8. The lowest BCUT2D eigenvalue weighted by molar-refractivity contribution is 0.0932. The van der Waals surface area contributed by atoms with Gasteiger partial charge in [-0.3, -0.25) is 4.79 Å². The number of carbonyl (C=O) groups excluding carboxylic acids is 1. The molecule has 0 saturated heterocycles. The summed E-state index contributed by atoms with van der Waals surface area (Å²) in [6.45, 7) is 1.91. The van der Waals surface area contributed by atoms with E-state index in [9.17, 15) is 9.00 Å². The Morgan fingerprint density at radius 2 is 2.00 bits per heavy atom. The van der Waals surface area contributed by atoms with Gasteiger partial charge in [0, 0.05) is 39.6 Å². The molecule has 1 amide bonds. The topological polar surface area (TPSA) is 77.1 Å². The van der Waals surface area contributed by atoms with E-state index in [1.54, 1.807) is 17.5 Å². The third kappa shape index (κ3) is 3.05. The van der Waals surface area contributed by atoms with Gasteiger partial charge in [-0.15, -0.1) is 0 Å². The average molecular weight is 400 g/mol. The molecule has 3 aromatic rings. The summed E-state index contributed by atoms with van der Waals surface area (Å²) in [5, 5.41) is 6.14. The second-order valence-electron chi connectivity index (χ2n) is 6.61. The first-order valence-corrected chi connectivity index (χ1v) is 10.0. The summed E-state index contributed by atoms with van der Waals surface area (Å²) in [4.78, 5) is 13.5. The van der Waals surface area contributed by atoms with E-state index >= 15 is 0 Å². The highest BCUT2D eigenvalue weighted by atomic mass is 35.5. The number of fused-ring (bicyclic) bond motifs is 2. The zero-order valence-electron chi connectivity index (χ0n) is 14.8. The molecule has 2 atom stereocenters. The second kappa shape index (κ2) is 6.55. The number of hydrogen-bond acceptors (Lipinski definition) is 3. The van der Waals surface area contributed by atoms with Crippen LogP contribution >= 0.6 is 11.6 Å². The molecule has 0 spiro atoms. The molecule has 2 unspecified atom stereocenters. The van der Waals surface area contributed by atoms with Crippen LogP contribution in [0.5, 0.6) is 0 Å². The summed E-state index contributed by atoms with van der Waals surface area (Å²) in [5.74, 6) is -0.176. The fourth-order valence-corrected chi connectivity index (χ4v) is 4.58. The zero-order valence-corrected chi connectivity index (χ0v) is 16.4. The van der Waals surface area contributed by atoms with Crippen molar-refractivity contribution in [3.8, 4) is 0 Å². The molecule has 0 aliphatic carbocycles. The number of hydrogen-bond donors (Lipinski definition) is 2. The molecular weight excluding hydrogens is 382 g/mol. The van der Waals surface area contributed by atoms with Gasteiger partial charge in [-0.25, -0.2) is 4.21 Å². The van der Waals surface area contributed by atoms with Crippen molar-refractivity contribution >= 4 is 44.9 Å². The van der Waals surface area contributed by atoms with Gasteiger partial charge >= 0.3 is 0 Å². The molecule has 1 aromatic heterocycles. The lowest BCUT2D eigenvalue weighted by atomic mass is 10.0. The summed E-state index contributed by atoms with van der Waals surface area (Å²) in [6, 6.07) is 12.7.